The van der Waals surface area contributed by atoms with Crippen molar-refractivity contribution in [1.29, 1.82) is 0 Å². The quantitative estimate of drug-likeness (QED) is 0.331. The number of aliphatic hydroxyl groups excluding tert-OH is 1. The molecular formula is C31H39N5O5. The number of rotatable bonds is 7. The van der Waals surface area contributed by atoms with Crippen LogP contribution in [0.2, 0.25) is 0 Å². The number of benzene rings is 3. The molecule has 41 heavy (non-hydrogen) atoms. The van der Waals surface area contributed by atoms with Gasteiger partial charge in [0.25, 0.3) is 5.91 Å². The Bertz CT molecular complexity index is 1410. The molecule has 0 radical (unpaired) electrons. The largest absolute Gasteiger partial charge is 0.485 e. The first-order chi connectivity index (χ1) is 19.6. The number of para-hydroxylation sites is 1. The number of ether oxygens (including phenoxy) is 1. The molecule has 0 aliphatic carbocycles. The predicted octanol–water partition coefficient (Wildman–Crippen LogP) is 4.75. The van der Waals surface area contributed by atoms with E-state index in [2.05, 4.69) is 16.0 Å². The standard InChI is InChI=1S/C31H39N5O5/c1-19(2)32-30(39)33-26-15-9-13-24-28(26)41-27(20(3)16-36(29(24)38)21(4)18-37)17-35(5)31(40)34-25-14-8-11-22-10-6-7-12-23(22)25/h6-15,19-21,27,37H,16-18H2,1-5H3,(H,34,40)(H2,32,33,39)/t20-,21-,27+/m0/s1. The molecule has 3 atom stereocenters. The van der Waals surface area contributed by atoms with Crippen LogP contribution < -0.4 is 20.7 Å². The van der Waals surface area contributed by atoms with Crippen molar-refractivity contribution in [1.82, 2.24) is 15.1 Å². The number of anilines is 2. The number of urea groups is 2. The van der Waals surface area contributed by atoms with E-state index >= 15 is 0 Å². The van der Waals surface area contributed by atoms with E-state index in [1.165, 1.54) is 0 Å². The van der Waals surface area contributed by atoms with E-state index in [9.17, 15) is 19.5 Å². The lowest BCUT2D eigenvalue weighted by Crippen LogP contribution is -2.50. The number of amides is 5. The highest BCUT2D eigenvalue weighted by Gasteiger charge is 2.35. The molecule has 1 heterocycles. The van der Waals surface area contributed by atoms with Crippen molar-refractivity contribution in [3.8, 4) is 5.75 Å². The molecule has 5 amide bonds. The summed E-state index contributed by atoms with van der Waals surface area (Å²) in [6.45, 7) is 7.73. The first-order valence-electron chi connectivity index (χ1n) is 13.9. The minimum atomic E-state index is -0.533. The number of hydrogen-bond acceptors (Lipinski definition) is 5. The summed E-state index contributed by atoms with van der Waals surface area (Å²) >= 11 is 0. The molecule has 4 rings (SSSR count). The smallest absolute Gasteiger partial charge is 0.321 e. The summed E-state index contributed by atoms with van der Waals surface area (Å²) in [7, 11) is 1.69. The lowest BCUT2D eigenvalue weighted by Gasteiger charge is -2.38. The van der Waals surface area contributed by atoms with E-state index < -0.39 is 18.2 Å². The minimum Gasteiger partial charge on any atom is -0.485 e. The summed E-state index contributed by atoms with van der Waals surface area (Å²) in [5, 5.41) is 20.4. The van der Waals surface area contributed by atoms with Crippen molar-refractivity contribution in [2.45, 2.75) is 45.9 Å². The van der Waals surface area contributed by atoms with Gasteiger partial charge in [-0.3, -0.25) is 4.79 Å². The van der Waals surface area contributed by atoms with Crippen LogP contribution in [0.3, 0.4) is 0 Å². The average molecular weight is 562 g/mol. The fourth-order valence-corrected chi connectivity index (χ4v) is 4.88. The van der Waals surface area contributed by atoms with E-state index in [1.807, 2.05) is 63.2 Å². The molecule has 3 aromatic carbocycles. The minimum absolute atomic E-state index is 0.0920. The second-order valence-corrected chi connectivity index (χ2v) is 10.9. The zero-order valence-corrected chi connectivity index (χ0v) is 24.2. The molecule has 0 fully saturated rings. The van der Waals surface area contributed by atoms with Crippen LogP contribution in [0.15, 0.2) is 60.7 Å². The van der Waals surface area contributed by atoms with Crippen LogP contribution in [0.25, 0.3) is 10.8 Å². The Labute approximate surface area is 240 Å². The van der Waals surface area contributed by atoms with Crippen molar-refractivity contribution in [2.75, 3.05) is 37.4 Å². The summed E-state index contributed by atoms with van der Waals surface area (Å²) in [5.74, 6) is -0.292. The van der Waals surface area contributed by atoms with Gasteiger partial charge in [0, 0.05) is 30.9 Å². The normalized spacial score (nSPS) is 17.6. The Hall–Kier alpha value is -4.31. The Morgan fingerprint density at radius 3 is 2.44 bits per heavy atom. The molecule has 0 aromatic heterocycles. The van der Waals surface area contributed by atoms with Gasteiger partial charge in [0.05, 0.1) is 36.1 Å². The van der Waals surface area contributed by atoms with Crippen LogP contribution >= 0.6 is 0 Å². The number of fused-ring (bicyclic) bond motifs is 2. The van der Waals surface area contributed by atoms with Crippen molar-refractivity contribution in [3.05, 3.63) is 66.2 Å². The van der Waals surface area contributed by atoms with E-state index in [0.29, 0.717) is 17.9 Å². The Kier molecular flexibility index (Phi) is 9.34. The molecule has 0 spiro atoms. The van der Waals surface area contributed by atoms with Crippen LogP contribution in [0, 0.1) is 5.92 Å². The zero-order valence-electron chi connectivity index (χ0n) is 24.2. The number of carbonyl (C=O) groups is 3. The van der Waals surface area contributed by atoms with Gasteiger partial charge in [0.1, 0.15) is 6.10 Å². The summed E-state index contributed by atoms with van der Waals surface area (Å²) in [4.78, 5) is 42.7. The fourth-order valence-electron chi connectivity index (χ4n) is 4.88. The highest BCUT2D eigenvalue weighted by atomic mass is 16.5. The Morgan fingerprint density at radius 2 is 1.71 bits per heavy atom. The summed E-state index contributed by atoms with van der Waals surface area (Å²) in [5.41, 5.74) is 1.31. The van der Waals surface area contributed by atoms with E-state index in [4.69, 9.17) is 4.74 Å². The van der Waals surface area contributed by atoms with Crippen LogP contribution in [-0.2, 0) is 0 Å². The predicted molar refractivity (Wildman–Crippen MR) is 160 cm³/mol. The Balaban J connectivity index is 1.63. The molecule has 0 bridgehead atoms. The van der Waals surface area contributed by atoms with Gasteiger partial charge in [-0.25, -0.2) is 9.59 Å². The third-order valence-electron chi connectivity index (χ3n) is 7.19. The third-order valence-corrected chi connectivity index (χ3v) is 7.19. The molecule has 1 aliphatic rings. The first-order valence-corrected chi connectivity index (χ1v) is 13.9. The summed E-state index contributed by atoms with van der Waals surface area (Å²) < 4.78 is 6.49. The maximum absolute atomic E-state index is 13.6. The topological polar surface area (TPSA) is 123 Å². The van der Waals surface area contributed by atoms with Crippen LogP contribution in [0.1, 0.15) is 38.1 Å². The summed E-state index contributed by atoms with van der Waals surface area (Å²) in [6, 6.07) is 17.3. The molecule has 3 aromatic rings. The van der Waals surface area contributed by atoms with Gasteiger partial charge in [0.15, 0.2) is 5.75 Å². The zero-order chi connectivity index (χ0) is 29.7. The van der Waals surface area contributed by atoms with Gasteiger partial charge in [-0.05, 0) is 44.4 Å². The number of aliphatic hydroxyl groups is 1. The molecular weight excluding hydrogens is 522 g/mol. The van der Waals surface area contributed by atoms with Crippen molar-refractivity contribution in [3.63, 3.8) is 0 Å². The number of likely N-dealkylation sites (N-methyl/N-ethyl adjacent to an activating group) is 1. The number of carbonyl (C=O) groups excluding carboxylic acids is 3. The van der Waals surface area contributed by atoms with Gasteiger partial charge < -0.3 is 35.6 Å². The van der Waals surface area contributed by atoms with Crippen LogP contribution in [0.4, 0.5) is 21.0 Å². The monoisotopic (exact) mass is 561 g/mol. The molecule has 0 saturated carbocycles. The molecule has 10 nitrogen and oxygen atoms in total. The van der Waals surface area contributed by atoms with Crippen molar-refractivity contribution < 1.29 is 24.2 Å². The lowest BCUT2D eigenvalue weighted by atomic mass is 9.99. The molecule has 0 saturated heterocycles. The second-order valence-electron chi connectivity index (χ2n) is 10.9. The molecule has 218 valence electrons. The molecule has 10 heteroatoms. The van der Waals surface area contributed by atoms with Gasteiger partial charge in [-0.2, -0.15) is 0 Å². The second kappa shape index (κ2) is 12.9. The Morgan fingerprint density at radius 1 is 1.02 bits per heavy atom. The SMILES string of the molecule is CC(C)NC(=O)Nc1cccc2c1O[C@H](CN(C)C(=O)Nc1cccc3ccccc13)[C@@H](C)CN([C@@H](C)CO)C2=O. The number of nitrogens with zero attached hydrogens (tertiary/aromatic N) is 2. The maximum atomic E-state index is 13.6. The van der Waals surface area contributed by atoms with E-state index in [0.717, 1.165) is 10.8 Å². The van der Waals surface area contributed by atoms with E-state index in [-0.39, 0.29) is 48.4 Å². The number of nitrogens with one attached hydrogen (secondary N) is 3. The molecule has 0 unspecified atom stereocenters. The molecule has 1 aliphatic heterocycles. The van der Waals surface area contributed by atoms with Gasteiger partial charge in [0.2, 0.25) is 0 Å². The maximum Gasteiger partial charge on any atom is 0.321 e. The summed E-state index contributed by atoms with van der Waals surface area (Å²) in [6.07, 6.45) is -0.533. The van der Waals surface area contributed by atoms with Crippen molar-refractivity contribution >= 4 is 40.1 Å². The number of hydrogen-bond donors (Lipinski definition) is 4. The lowest BCUT2D eigenvalue weighted by molar-refractivity contribution is 0.0373. The molecule has 4 N–H and O–H groups in total. The highest BCUT2D eigenvalue weighted by molar-refractivity contribution is 6.02. The van der Waals surface area contributed by atoms with E-state index in [1.54, 1.807) is 42.0 Å². The highest BCUT2D eigenvalue weighted by Crippen LogP contribution is 2.35. The van der Waals surface area contributed by atoms with Gasteiger partial charge in [-0.15, -0.1) is 0 Å². The van der Waals surface area contributed by atoms with Crippen molar-refractivity contribution in [2.24, 2.45) is 5.92 Å². The van der Waals surface area contributed by atoms with Gasteiger partial charge >= 0.3 is 12.1 Å². The third kappa shape index (κ3) is 6.89. The van der Waals surface area contributed by atoms with Gasteiger partial charge in [-0.1, -0.05) is 49.4 Å². The fraction of sp³-hybridized carbons (Fsp3) is 0.387. The van der Waals surface area contributed by atoms with Crippen LogP contribution in [-0.4, -0.2) is 77.8 Å². The first kappa shape index (κ1) is 29.7. The average Bonchev–Trinajstić information content (AvgIpc) is 2.94. The van der Waals surface area contributed by atoms with Crippen LogP contribution in [0.5, 0.6) is 5.75 Å².